The van der Waals surface area contributed by atoms with E-state index in [1.807, 2.05) is 0 Å². The summed E-state index contributed by atoms with van der Waals surface area (Å²) in [7, 11) is 0. The maximum absolute atomic E-state index is 3.44. The molecule has 0 nitrogen and oxygen atoms in total. The van der Waals surface area contributed by atoms with Crippen LogP contribution in [0.25, 0.3) is 0 Å². The minimum atomic E-state index is 0. The maximum Gasteiger partial charge on any atom is 2.00 e. The van der Waals surface area contributed by atoms with E-state index >= 15 is 0 Å². The molecule has 1 radical (unpaired) electrons. The fourth-order valence-corrected chi connectivity index (χ4v) is 2.81. The summed E-state index contributed by atoms with van der Waals surface area (Å²) in [6.45, 7) is 21.8. The minimum Gasteiger partial charge on any atom is -1.00 e. The van der Waals surface area contributed by atoms with Crippen molar-refractivity contribution in [3.63, 3.8) is 0 Å². The molecule has 0 N–H and O–H groups in total. The van der Waals surface area contributed by atoms with Gasteiger partial charge in [-0.3, -0.25) is 12.2 Å². The van der Waals surface area contributed by atoms with Crippen molar-refractivity contribution in [1.82, 2.24) is 0 Å². The molecule has 0 aromatic carbocycles. The van der Waals surface area contributed by atoms with Crippen molar-refractivity contribution in [2.45, 2.75) is 69.2 Å². The maximum atomic E-state index is 3.44. The molecule has 0 spiro atoms. The van der Waals surface area contributed by atoms with E-state index in [-0.39, 0.29) is 41.8 Å². The van der Waals surface area contributed by atoms with Crippen LogP contribution in [0.2, 0.25) is 0 Å². The van der Waals surface area contributed by atoms with Crippen LogP contribution in [0.3, 0.4) is 0 Å². The zero-order valence-corrected chi connectivity index (χ0v) is 18.0. The number of halogens is 1. The molecule has 0 aromatic heterocycles. The van der Waals surface area contributed by atoms with Gasteiger partial charge in [-0.1, -0.05) is 66.2 Å². The Bertz CT molecular complexity index is 490. The Hall–Kier alpha value is -0.166. The quantitative estimate of drug-likeness (QED) is 0.585. The van der Waals surface area contributed by atoms with Crippen molar-refractivity contribution in [3.05, 3.63) is 45.6 Å². The predicted molar refractivity (Wildman–Crippen MR) is 89.2 cm³/mol. The molecule has 123 valence electrons. The molecule has 2 aliphatic carbocycles. The first-order chi connectivity index (χ1) is 8.90. The fraction of sp³-hybridized carbons (Fsp3) is 0.600. The van der Waals surface area contributed by atoms with Crippen LogP contribution in [0.1, 0.15) is 69.2 Å². The van der Waals surface area contributed by atoms with E-state index < -0.39 is 0 Å². The summed E-state index contributed by atoms with van der Waals surface area (Å²) in [4.78, 5) is 0. The standard InChI is InChI=1S/2C10H15.ClH.V/c2*1-7-6-10(4,5)9(3)8(7)2;;/h2*1-5H3;1H;/q2*-1;;+2/p-1. The third-order valence-electron chi connectivity index (χ3n) is 5.12. The van der Waals surface area contributed by atoms with Gasteiger partial charge in [0.25, 0.3) is 0 Å². The molecule has 0 heterocycles. The molecule has 2 heteroatoms. The number of rotatable bonds is 0. The van der Waals surface area contributed by atoms with Gasteiger partial charge in [0.15, 0.2) is 0 Å². The summed E-state index contributed by atoms with van der Waals surface area (Å²) in [6, 6.07) is 0. The molecule has 0 unspecified atom stereocenters. The van der Waals surface area contributed by atoms with Crippen molar-refractivity contribution in [2.75, 3.05) is 0 Å². The third-order valence-corrected chi connectivity index (χ3v) is 5.12. The van der Waals surface area contributed by atoms with Gasteiger partial charge in [0.1, 0.15) is 0 Å². The van der Waals surface area contributed by atoms with Crippen molar-refractivity contribution >= 4 is 0 Å². The molecular formula is C20H30ClV-. The Balaban J connectivity index is 0. The van der Waals surface area contributed by atoms with Crippen LogP contribution in [0.4, 0.5) is 0 Å². The summed E-state index contributed by atoms with van der Waals surface area (Å²) in [5.41, 5.74) is 8.79. The molecule has 0 aromatic rings. The molecule has 2 rings (SSSR count). The summed E-state index contributed by atoms with van der Waals surface area (Å²) < 4.78 is 0. The largest absolute Gasteiger partial charge is 2.00 e. The SMILES string of the molecule is CC1=[C-]C(C)(C)C(C)=C1C.CC1=[C-]C(C)(C)C(C)=C1C.[Cl-].[V+2]. The summed E-state index contributed by atoms with van der Waals surface area (Å²) in [5.74, 6) is 0. The summed E-state index contributed by atoms with van der Waals surface area (Å²) >= 11 is 0. The topological polar surface area (TPSA) is 0 Å². The van der Waals surface area contributed by atoms with Gasteiger partial charge in [-0.05, 0) is 0 Å². The number of allylic oxidation sites excluding steroid dienone is 8. The Kier molecular flexibility index (Phi) is 8.86. The monoisotopic (exact) mass is 356 g/mol. The second-order valence-corrected chi connectivity index (χ2v) is 7.25. The van der Waals surface area contributed by atoms with E-state index in [0.717, 1.165) is 0 Å². The van der Waals surface area contributed by atoms with Gasteiger partial charge < -0.3 is 12.4 Å². The van der Waals surface area contributed by atoms with Gasteiger partial charge in [-0.15, -0.1) is 13.8 Å². The summed E-state index contributed by atoms with van der Waals surface area (Å²) in [6.07, 6.45) is 6.87. The van der Waals surface area contributed by atoms with Crippen LogP contribution in [0, 0.1) is 23.0 Å². The van der Waals surface area contributed by atoms with Crippen molar-refractivity contribution in [1.29, 1.82) is 0 Å². The van der Waals surface area contributed by atoms with Crippen LogP contribution in [0.5, 0.6) is 0 Å². The molecule has 0 bridgehead atoms. The number of hydrogen-bond donors (Lipinski definition) is 0. The van der Waals surface area contributed by atoms with E-state index in [0.29, 0.717) is 0 Å². The molecule has 2 aliphatic rings. The first-order valence-electron chi connectivity index (χ1n) is 7.50. The third kappa shape index (κ3) is 4.92. The Morgan fingerprint density at radius 1 is 0.591 bits per heavy atom. The first kappa shape index (κ1) is 24.1. The zero-order valence-electron chi connectivity index (χ0n) is 15.8. The summed E-state index contributed by atoms with van der Waals surface area (Å²) in [5, 5.41) is 0. The normalized spacial score (nSPS) is 21.4. The predicted octanol–water partition coefficient (Wildman–Crippen LogP) is 3.23. The average Bonchev–Trinajstić information content (AvgIpc) is 2.60. The Morgan fingerprint density at radius 2 is 0.818 bits per heavy atom. The Morgan fingerprint density at radius 3 is 0.864 bits per heavy atom. The molecule has 22 heavy (non-hydrogen) atoms. The molecule has 0 saturated carbocycles. The van der Waals surface area contributed by atoms with Gasteiger partial charge >= 0.3 is 18.6 Å². The van der Waals surface area contributed by atoms with Crippen molar-refractivity contribution in [2.24, 2.45) is 10.8 Å². The fourth-order valence-electron chi connectivity index (χ4n) is 2.81. The van der Waals surface area contributed by atoms with Crippen LogP contribution >= 0.6 is 0 Å². The molecule has 0 amide bonds. The van der Waals surface area contributed by atoms with Crippen molar-refractivity contribution in [3.8, 4) is 0 Å². The second-order valence-electron chi connectivity index (χ2n) is 7.25. The van der Waals surface area contributed by atoms with Gasteiger partial charge in [-0.2, -0.15) is 22.3 Å². The van der Waals surface area contributed by atoms with Gasteiger partial charge in [0.2, 0.25) is 0 Å². The van der Waals surface area contributed by atoms with Crippen LogP contribution in [0.15, 0.2) is 33.4 Å². The molecule has 0 fully saturated rings. The molecule has 0 saturated heterocycles. The molecule has 0 aliphatic heterocycles. The van der Waals surface area contributed by atoms with Gasteiger partial charge in [0, 0.05) is 0 Å². The first-order valence-corrected chi connectivity index (χ1v) is 7.50. The Labute approximate surface area is 156 Å². The number of hydrogen-bond acceptors (Lipinski definition) is 0. The smallest absolute Gasteiger partial charge is 1.00 e. The van der Waals surface area contributed by atoms with E-state index in [1.165, 1.54) is 33.4 Å². The van der Waals surface area contributed by atoms with Crippen LogP contribution in [-0.2, 0) is 18.6 Å². The van der Waals surface area contributed by atoms with E-state index in [9.17, 15) is 0 Å². The van der Waals surface area contributed by atoms with Gasteiger partial charge in [-0.25, -0.2) is 11.1 Å². The molecular weight excluding hydrogens is 327 g/mol. The average molecular weight is 357 g/mol. The van der Waals surface area contributed by atoms with Crippen LogP contribution < -0.4 is 12.4 Å². The van der Waals surface area contributed by atoms with Gasteiger partial charge in [0.05, 0.1) is 0 Å². The van der Waals surface area contributed by atoms with E-state index in [4.69, 9.17) is 0 Å². The second kappa shape index (κ2) is 8.09. The van der Waals surface area contributed by atoms with E-state index in [2.05, 4.69) is 81.4 Å². The zero-order chi connectivity index (χ0) is 15.9. The minimum absolute atomic E-state index is 0. The van der Waals surface area contributed by atoms with Crippen molar-refractivity contribution < 1.29 is 31.0 Å². The molecule has 0 atom stereocenters. The van der Waals surface area contributed by atoms with E-state index in [1.54, 1.807) is 0 Å². The van der Waals surface area contributed by atoms with Crippen LogP contribution in [-0.4, -0.2) is 0 Å².